The first-order chi connectivity index (χ1) is 5.56. The molecule has 0 heterocycles. The molecule has 0 aliphatic carbocycles. The van der Waals surface area contributed by atoms with Crippen LogP contribution in [0.3, 0.4) is 0 Å². The number of hydrogen-bond acceptors (Lipinski definition) is 3. The third-order valence-corrected chi connectivity index (χ3v) is 1.35. The molecule has 0 rings (SSSR count). The van der Waals surface area contributed by atoms with Crippen molar-refractivity contribution < 1.29 is 4.79 Å². The Bertz CT molecular complexity index is 199. The zero-order valence-electron chi connectivity index (χ0n) is 7.63. The predicted molar refractivity (Wildman–Crippen MR) is 53.9 cm³/mol. The summed E-state index contributed by atoms with van der Waals surface area (Å²) < 4.78 is 0. The van der Waals surface area contributed by atoms with Gasteiger partial charge >= 0.3 is 0 Å². The number of rotatable bonds is 3. The molecule has 0 aromatic rings. The van der Waals surface area contributed by atoms with E-state index in [0.717, 1.165) is 0 Å². The van der Waals surface area contributed by atoms with Gasteiger partial charge in [0.05, 0.1) is 0 Å². The van der Waals surface area contributed by atoms with Crippen LogP contribution in [0.2, 0.25) is 0 Å². The van der Waals surface area contributed by atoms with Gasteiger partial charge in [-0.25, -0.2) is 0 Å². The monoisotopic (exact) mass is 186 g/mol. The summed E-state index contributed by atoms with van der Waals surface area (Å²) in [4.78, 5) is 13.1. The number of thiocarbonyl (C=S) groups is 1. The summed E-state index contributed by atoms with van der Waals surface area (Å²) in [5.74, 6) is -0.0524. The van der Waals surface area contributed by atoms with Crippen LogP contribution >= 0.6 is 12.2 Å². The first-order valence-electron chi connectivity index (χ1n) is 3.74. The Morgan fingerprint density at radius 2 is 2.17 bits per heavy atom. The van der Waals surface area contributed by atoms with E-state index in [1.165, 1.54) is 0 Å². The number of nitrogens with zero attached hydrogens (tertiary/aromatic N) is 1. The number of amides is 1. The van der Waals surface area contributed by atoms with Gasteiger partial charge in [-0.1, -0.05) is 19.1 Å². The van der Waals surface area contributed by atoms with E-state index in [-0.39, 0.29) is 5.91 Å². The van der Waals surface area contributed by atoms with E-state index in [4.69, 9.17) is 12.2 Å². The Balaban J connectivity index is 3.82. The SMILES string of the molecule is CCC(=O)NC(=S)/C=C/N(C)C. The lowest BCUT2D eigenvalue weighted by Crippen LogP contribution is -2.26. The van der Waals surface area contributed by atoms with Crippen LogP contribution in [0.25, 0.3) is 0 Å². The number of nitrogens with one attached hydrogen (secondary N) is 1. The van der Waals surface area contributed by atoms with E-state index in [0.29, 0.717) is 11.4 Å². The molecule has 0 atom stereocenters. The predicted octanol–water partition coefficient (Wildman–Crippen LogP) is 0.915. The summed E-state index contributed by atoms with van der Waals surface area (Å²) in [5, 5.41) is 2.56. The van der Waals surface area contributed by atoms with Gasteiger partial charge < -0.3 is 10.2 Å². The van der Waals surface area contributed by atoms with Crippen LogP contribution < -0.4 is 5.32 Å². The lowest BCUT2D eigenvalue weighted by Gasteiger charge is -2.04. The highest BCUT2D eigenvalue weighted by atomic mass is 32.1. The Morgan fingerprint density at radius 3 is 2.58 bits per heavy atom. The second-order valence-electron chi connectivity index (χ2n) is 2.55. The van der Waals surface area contributed by atoms with E-state index < -0.39 is 0 Å². The maximum atomic E-state index is 10.8. The van der Waals surface area contributed by atoms with Crippen molar-refractivity contribution in [1.29, 1.82) is 0 Å². The fourth-order valence-electron chi connectivity index (χ4n) is 0.484. The molecule has 68 valence electrons. The van der Waals surface area contributed by atoms with Crippen molar-refractivity contribution >= 4 is 23.1 Å². The molecule has 0 saturated carbocycles. The molecule has 1 amide bonds. The minimum atomic E-state index is -0.0524. The van der Waals surface area contributed by atoms with Gasteiger partial charge in [0, 0.05) is 26.7 Å². The summed E-state index contributed by atoms with van der Waals surface area (Å²) in [5.41, 5.74) is 0. The van der Waals surface area contributed by atoms with Crippen molar-refractivity contribution in [1.82, 2.24) is 10.2 Å². The summed E-state index contributed by atoms with van der Waals surface area (Å²) in [6.07, 6.45) is 3.93. The van der Waals surface area contributed by atoms with Crippen molar-refractivity contribution in [3.8, 4) is 0 Å². The summed E-state index contributed by atoms with van der Waals surface area (Å²) in [6, 6.07) is 0. The average molecular weight is 186 g/mol. The largest absolute Gasteiger partial charge is 0.383 e. The van der Waals surface area contributed by atoms with Crippen LogP contribution in [0.15, 0.2) is 12.3 Å². The average Bonchev–Trinajstić information content (AvgIpc) is 2.00. The van der Waals surface area contributed by atoms with Gasteiger partial charge in [0.25, 0.3) is 0 Å². The van der Waals surface area contributed by atoms with Crippen molar-refractivity contribution in [3.05, 3.63) is 12.3 Å². The fraction of sp³-hybridized carbons (Fsp3) is 0.500. The molecule has 0 spiro atoms. The summed E-state index contributed by atoms with van der Waals surface area (Å²) >= 11 is 4.87. The number of hydrogen-bond donors (Lipinski definition) is 1. The van der Waals surface area contributed by atoms with Crippen LogP contribution in [0, 0.1) is 0 Å². The van der Waals surface area contributed by atoms with Gasteiger partial charge in [-0.05, 0) is 6.08 Å². The fourth-order valence-corrected chi connectivity index (χ4v) is 0.659. The Morgan fingerprint density at radius 1 is 1.58 bits per heavy atom. The highest BCUT2D eigenvalue weighted by Gasteiger charge is 1.96. The second kappa shape index (κ2) is 5.71. The lowest BCUT2D eigenvalue weighted by molar-refractivity contribution is -0.119. The molecule has 12 heavy (non-hydrogen) atoms. The van der Waals surface area contributed by atoms with E-state index in [1.54, 1.807) is 19.2 Å². The third kappa shape index (κ3) is 5.85. The molecule has 1 N–H and O–H groups in total. The van der Waals surface area contributed by atoms with Crippen molar-refractivity contribution in [3.63, 3.8) is 0 Å². The van der Waals surface area contributed by atoms with Crippen LogP contribution in [0.1, 0.15) is 13.3 Å². The Labute approximate surface area is 78.4 Å². The molecule has 0 aliphatic heterocycles. The highest BCUT2D eigenvalue weighted by Crippen LogP contribution is 1.83. The molecule has 0 aliphatic rings. The number of carbonyl (C=O) groups excluding carboxylic acids is 1. The quantitative estimate of drug-likeness (QED) is 0.525. The lowest BCUT2D eigenvalue weighted by atomic mass is 10.4. The molecule has 4 heteroatoms. The smallest absolute Gasteiger partial charge is 0.224 e. The van der Waals surface area contributed by atoms with Crippen LogP contribution in [0.5, 0.6) is 0 Å². The standard InChI is InChI=1S/C8H14N2OS/c1-4-7(11)9-8(12)5-6-10(2)3/h5-6H,4H2,1-3H3,(H,9,11,12)/b6-5+. The minimum absolute atomic E-state index is 0.0524. The van der Waals surface area contributed by atoms with Crippen LogP contribution in [-0.2, 0) is 4.79 Å². The molecule has 0 radical (unpaired) electrons. The topological polar surface area (TPSA) is 32.3 Å². The van der Waals surface area contributed by atoms with Crippen LogP contribution in [0.4, 0.5) is 0 Å². The molecule has 0 bridgehead atoms. The Kier molecular flexibility index (Phi) is 5.28. The van der Waals surface area contributed by atoms with Gasteiger partial charge in [-0.3, -0.25) is 4.79 Å². The zero-order valence-corrected chi connectivity index (χ0v) is 8.44. The first-order valence-corrected chi connectivity index (χ1v) is 4.15. The second-order valence-corrected chi connectivity index (χ2v) is 2.99. The van der Waals surface area contributed by atoms with E-state index >= 15 is 0 Å². The first kappa shape index (κ1) is 11.1. The van der Waals surface area contributed by atoms with E-state index in [9.17, 15) is 4.79 Å². The van der Waals surface area contributed by atoms with Gasteiger partial charge in [0.2, 0.25) is 5.91 Å². The number of carbonyl (C=O) groups is 1. The molecular formula is C8H14N2OS. The van der Waals surface area contributed by atoms with E-state index in [2.05, 4.69) is 5.32 Å². The molecule has 0 aromatic heterocycles. The third-order valence-electron chi connectivity index (χ3n) is 1.11. The minimum Gasteiger partial charge on any atom is -0.383 e. The van der Waals surface area contributed by atoms with Crippen molar-refractivity contribution in [2.75, 3.05) is 14.1 Å². The maximum absolute atomic E-state index is 10.8. The van der Waals surface area contributed by atoms with Crippen LogP contribution in [-0.4, -0.2) is 29.9 Å². The van der Waals surface area contributed by atoms with Crippen molar-refractivity contribution in [2.45, 2.75) is 13.3 Å². The maximum Gasteiger partial charge on any atom is 0.224 e. The molecule has 3 nitrogen and oxygen atoms in total. The van der Waals surface area contributed by atoms with Gasteiger partial charge in [0.1, 0.15) is 4.99 Å². The molecule has 0 aromatic carbocycles. The van der Waals surface area contributed by atoms with Gasteiger partial charge in [-0.2, -0.15) is 0 Å². The van der Waals surface area contributed by atoms with E-state index in [1.807, 2.05) is 19.0 Å². The highest BCUT2D eigenvalue weighted by molar-refractivity contribution is 7.80. The Hall–Kier alpha value is -0.900. The molecule has 0 saturated heterocycles. The van der Waals surface area contributed by atoms with Crippen molar-refractivity contribution in [2.24, 2.45) is 0 Å². The van der Waals surface area contributed by atoms with Gasteiger partial charge in [0.15, 0.2) is 0 Å². The summed E-state index contributed by atoms with van der Waals surface area (Å²) in [6.45, 7) is 1.79. The summed E-state index contributed by atoms with van der Waals surface area (Å²) in [7, 11) is 3.78. The molecule has 0 fully saturated rings. The molecular weight excluding hydrogens is 172 g/mol. The van der Waals surface area contributed by atoms with Gasteiger partial charge in [-0.15, -0.1) is 0 Å². The normalized spacial score (nSPS) is 9.92. The molecule has 0 unspecified atom stereocenters. The zero-order chi connectivity index (χ0) is 9.56.